The monoisotopic (exact) mass is 341 g/mol. The summed E-state index contributed by atoms with van der Waals surface area (Å²) in [5.74, 6) is 1.02. The van der Waals surface area contributed by atoms with Crippen LogP contribution in [0.15, 0.2) is 30.6 Å². The molecule has 1 aliphatic carbocycles. The van der Waals surface area contributed by atoms with Gasteiger partial charge in [0.1, 0.15) is 5.75 Å². The number of ether oxygens (including phenoxy) is 1. The average molecular weight is 341 g/mol. The van der Waals surface area contributed by atoms with Gasteiger partial charge in [-0.3, -0.25) is 14.5 Å². The van der Waals surface area contributed by atoms with Gasteiger partial charge in [0.05, 0.1) is 24.5 Å². The smallest absolute Gasteiger partial charge is 0.225 e. The summed E-state index contributed by atoms with van der Waals surface area (Å²) in [4.78, 5) is 19.1. The lowest BCUT2D eigenvalue weighted by molar-refractivity contribution is -0.129. The number of hydrogen-bond donors (Lipinski definition) is 1. The van der Waals surface area contributed by atoms with Crippen LogP contribution in [-0.4, -0.2) is 44.8 Å². The summed E-state index contributed by atoms with van der Waals surface area (Å²) in [5, 5.41) is 7.83. The molecule has 4 rings (SSSR count). The van der Waals surface area contributed by atoms with Gasteiger partial charge in [0.25, 0.3) is 0 Å². The minimum absolute atomic E-state index is 0.0260. The normalized spacial score (nSPS) is 23.3. The summed E-state index contributed by atoms with van der Waals surface area (Å²) >= 11 is 0. The summed E-state index contributed by atoms with van der Waals surface area (Å²) < 4.78 is 7.13. The summed E-state index contributed by atoms with van der Waals surface area (Å²) in [5.41, 5.74) is 1.98. The Bertz CT molecular complexity index is 770. The Kier molecular flexibility index (Phi) is 4.17. The number of amides is 1. The number of nitrogens with zero attached hydrogens (tertiary/aromatic N) is 4. The fourth-order valence-corrected chi connectivity index (χ4v) is 3.66. The van der Waals surface area contributed by atoms with Crippen LogP contribution < -0.4 is 10.1 Å². The Hall–Kier alpha value is -2.41. The molecule has 1 amide bonds. The molecule has 0 spiro atoms. The SMILES string of the molecule is COc1ccnc(CN[C@@H]2CC(=O)N(C3CC3)[C@H]2c2ccnn2C)c1. The second-order valence-electron chi connectivity index (χ2n) is 6.74. The minimum Gasteiger partial charge on any atom is -0.497 e. The van der Waals surface area contributed by atoms with Crippen LogP contribution in [0.4, 0.5) is 0 Å². The predicted molar refractivity (Wildman–Crippen MR) is 91.9 cm³/mol. The highest BCUT2D eigenvalue weighted by atomic mass is 16.5. The predicted octanol–water partition coefficient (Wildman–Crippen LogP) is 1.42. The van der Waals surface area contributed by atoms with Crippen molar-refractivity contribution in [2.75, 3.05) is 7.11 Å². The van der Waals surface area contributed by atoms with E-state index in [1.807, 2.05) is 29.9 Å². The fourth-order valence-electron chi connectivity index (χ4n) is 3.66. The maximum absolute atomic E-state index is 12.6. The van der Waals surface area contributed by atoms with Gasteiger partial charge >= 0.3 is 0 Å². The van der Waals surface area contributed by atoms with Crippen LogP contribution in [0, 0.1) is 0 Å². The third kappa shape index (κ3) is 3.11. The summed E-state index contributed by atoms with van der Waals surface area (Å²) in [6, 6.07) is 6.22. The fraction of sp³-hybridized carbons (Fsp3) is 0.500. The van der Waals surface area contributed by atoms with Crippen LogP contribution in [0.3, 0.4) is 0 Å². The first kappa shape index (κ1) is 16.1. The lowest BCUT2D eigenvalue weighted by atomic mass is 10.1. The van der Waals surface area contributed by atoms with Gasteiger partial charge in [-0.2, -0.15) is 5.10 Å². The first-order valence-electron chi connectivity index (χ1n) is 8.68. The van der Waals surface area contributed by atoms with Crippen LogP contribution in [0.25, 0.3) is 0 Å². The molecule has 1 saturated heterocycles. The lowest BCUT2D eigenvalue weighted by Gasteiger charge is -2.29. The van der Waals surface area contributed by atoms with E-state index in [1.165, 1.54) is 0 Å². The maximum Gasteiger partial charge on any atom is 0.225 e. The lowest BCUT2D eigenvalue weighted by Crippen LogP contribution is -2.38. The van der Waals surface area contributed by atoms with E-state index < -0.39 is 0 Å². The van der Waals surface area contributed by atoms with E-state index in [2.05, 4.69) is 20.3 Å². The zero-order valence-corrected chi connectivity index (χ0v) is 14.6. The number of pyridine rings is 1. The quantitative estimate of drug-likeness (QED) is 0.860. The second kappa shape index (κ2) is 6.48. The molecule has 2 aliphatic rings. The van der Waals surface area contributed by atoms with Gasteiger partial charge in [0.15, 0.2) is 0 Å². The second-order valence-corrected chi connectivity index (χ2v) is 6.74. The summed E-state index contributed by atoms with van der Waals surface area (Å²) in [7, 11) is 3.58. The highest BCUT2D eigenvalue weighted by Gasteiger charge is 2.48. The number of rotatable bonds is 6. The molecule has 1 saturated carbocycles. The van der Waals surface area contributed by atoms with Crippen molar-refractivity contribution in [1.29, 1.82) is 0 Å². The van der Waals surface area contributed by atoms with Crippen molar-refractivity contribution in [3.63, 3.8) is 0 Å². The molecule has 1 aliphatic heterocycles. The zero-order chi connectivity index (χ0) is 17.4. The number of aromatic nitrogens is 3. The van der Waals surface area contributed by atoms with E-state index in [0.717, 1.165) is 30.0 Å². The molecule has 2 fully saturated rings. The molecule has 7 heteroatoms. The number of likely N-dealkylation sites (tertiary alicyclic amines) is 1. The van der Waals surface area contributed by atoms with E-state index in [4.69, 9.17) is 4.74 Å². The van der Waals surface area contributed by atoms with Crippen molar-refractivity contribution in [3.8, 4) is 5.75 Å². The zero-order valence-electron chi connectivity index (χ0n) is 14.6. The molecule has 132 valence electrons. The first-order chi connectivity index (χ1) is 12.2. The standard InChI is InChI=1S/C18H23N5O2/c1-22-16(6-8-21-22)18-15(10-17(24)23(18)13-3-4-13)20-11-12-9-14(25-2)5-7-19-12/h5-9,13,15,18,20H,3-4,10-11H2,1-2H3/t15-,18-/m1/s1. The number of carbonyl (C=O) groups is 1. The van der Waals surface area contributed by atoms with Crippen LogP contribution in [0.2, 0.25) is 0 Å². The third-order valence-electron chi connectivity index (χ3n) is 5.03. The molecule has 2 atom stereocenters. The van der Waals surface area contributed by atoms with Crippen molar-refractivity contribution in [2.45, 2.75) is 43.9 Å². The Morgan fingerprint density at radius 3 is 2.84 bits per heavy atom. The molecule has 0 radical (unpaired) electrons. The highest BCUT2D eigenvalue weighted by molar-refractivity contribution is 5.81. The summed E-state index contributed by atoms with van der Waals surface area (Å²) in [6.07, 6.45) is 6.25. The molecule has 0 aromatic carbocycles. The molecule has 0 bridgehead atoms. The molecule has 1 N–H and O–H groups in total. The molecule has 7 nitrogen and oxygen atoms in total. The van der Waals surface area contributed by atoms with Crippen molar-refractivity contribution in [1.82, 2.24) is 25.0 Å². The molecule has 2 aromatic rings. The van der Waals surface area contributed by atoms with Crippen LogP contribution in [0.5, 0.6) is 5.75 Å². The largest absolute Gasteiger partial charge is 0.497 e. The maximum atomic E-state index is 12.6. The Balaban J connectivity index is 1.54. The van der Waals surface area contributed by atoms with E-state index in [1.54, 1.807) is 19.5 Å². The molecular formula is C18H23N5O2. The Labute approximate surface area is 147 Å². The van der Waals surface area contributed by atoms with Crippen molar-refractivity contribution >= 4 is 5.91 Å². The Morgan fingerprint density at radius 1 is 1.32 bits per heavy atom. The van der Waals surface area contributed by atoms with Gasteiger partial charge in [0, 0.05) is 50.6 Å². The van der Waals surface area contributed by atoms with E-state index >= 15 is 0 Å². The van der Waals surface area contributed by atoms with Crippen molar-refractivity contribution in [3.05, 3.63) is 42.0 Å². The number of aryl methyl sites for hydroxylation is 1. The van der Waals surface area contributed by atoms with Gasteiger partial charge in [0.2, 0.25) is 5.91 Å². The van der Waals surface area contributed by atoms with E-state index in [-0.39, 0.29) is 18.0 Å². The number of methoxy groups -OCH3 is 1. The number of hydrogen-bond acceptors (Lipinski definition) is 5. The van der Waals surface area contributed by atoms with Gasteiger partial charge in [-0.05, 0) is 25.0 Å². The van der Waals surface area contributed by atoms with Crippen LogP contribution >= 0.6 is 0 Å². The topological polar surface area (TPSA) is 72.3 Å². The number of carbonyl (C=O) groups excluding carboxylic acids is 1. The summed E-state index contributed by atoms with van der Waals surface area (Å²) in [6.45, 7) is 0.599. The van der Waals surface area contributed by atoms with Gasteiger partial charge in [-0.25, -0.2) is 0 Å². The van der Waals surface area contributed by atoms with Gasteiger partial charge in [-0.15, -0.1) is 0 Å². The Morgan fingerprint density at radius 2 is 2.16 bits per heavy atom. The highest BCUT2D eigenvalue weighted by Crippen LogP contribution is 2.41. The molecule has 3 heterocycles. The van der Waals surface area contributed by atoms with Crippen LogP contribution in [0.1, 0.15) is 36.7 Å². The van der Waals surface area contributed by atoms with Gasteiger partial charge < -0.3 is 15.0 Å². The van der Waals surface area contributed by atoms with E-state index in [0.29, 0.717) is 19.0 Å². The minimum atomic E-state index is 0.0260. The van der Waals surface area contributed by atoms with E-state index in [9.17, 15) is 4.79 Å². The van der Waals surface area contributed by atoms with Crippen LogP contribution in [-0.2, 0) is 18.4 Å². The van der Waals surface area contributed by atoms with Gasteiger partial charge in [-0.1, -0.05) is 0 Å². The van der Waals surface area contributed by atoms with Crippen molar-refractivity contribution < 1.29 is 9.53 Å². The first-order valence-corrected chi connectivity index (χ1v) is 8.68. The average Bonchev–Trinajstić information content (AvgIpc) is 3.29. The molecule has 0 unspecified atom stereocenters. The molecule has 25 heavy (non-hydrogen) atoms. The van der Waals surface area contributed by atoms with Crippen molar-refractivity contribution in [2.24, 2.45) is 7.05 Å². The molecule has 2 aromatic heterocycles. The molecular weight excluding hydrogens is 318 g/mol. The third-order valence-corrected chi connectivity index (χ3v) is 5.03. The number of nitrogens with one attached hydrogen (secondary N) is 1.